The number of furan rings is 1. The van der Waals surface area contributed by atoms with Crippen LogP contribution < -0.4 is 0 Å². The number of allylic oxidation sites excluding steroid dienone is 1. The Morgan fingerprint density at radius 3 is 2.91 bits per heavy atom. The third-order valence-corrected chi connectivity index (χ3v) is 3.37. The van der Waals surface area contributed by atoms with Gasteiger partial charge in [-0.15, -0.1) is 0 Å². The molecule has 2 aromatic heterocycles. The molecule has 0 fully saturated rings. The van der Waals surface area contributed by atoms with E-state index in [0.29, 0.717) is 10.6 Å². The molecule has 5 nitrogen and oxygen atoms in total. The third-order valence-electron chi connectivity index (χ3n) is 3.11. The van der Waals surface area contributed by atoms with Crippen LogP contribution in [0, 0.1) is 11.7 Å². The molecule has 0 saturated heterocycles. The quantitative estimate of drug-likeness (QED) is 0.584. The highest BCUT2D eigenvalue weighted by atomic mass is 32.1. The molecule has 0 unspecified atom stereocenters. The number of nitrogens with one attached hydrogen (secondary N) is 1. The minimum absolute atomic E-state index is 0.445. The summed E-state index contributed by atoms with van der Waals surface area (Å²) in [5, 5.41) is 11.4. The molecule has 110 valence electrons. The van der Waals surface area contributed by atoms with Crippen LogP contribution in [0.2, 0.25) is 0 Å². The van der Waals surface area contributed by atoms with Crippen molar-refractivity contribution in [2.75, 3.05) is 0 Å². The maximum atomic E-state index is 5.23. The molecular weight excluding hydrogens is 296 g/mol. The van der Waals surface area contributed by atoms with Gasteiger partial charge in [-0.25, -0.2) is 5.10 Å². The molecule has 0 aliphatic heterocycles. The molecule has 0 aliphatic rings. The second-order valence-electron chi connectivity index (χ2n) is 4.62. The molecule has 3 rings (SSSR count). The summed E-state index contributed by atoms with van der Waals surface area (Å²) in [7, 11) is 0. The smallest absolute Gasteiger partial charge is 0.216 e. The molecule has 0 aliphatic carbocycles. The molecule has 1 aromatic carbocycles. The maximum Gasteiger partial charge on any atom is 0.216 e. The summed E-state index contributed by atoms with van der Waals surface area (Å²) in [6.45, 7) is 2.03. The first-order valence-electron chi connectivity index (χ1n) is 6.73. The lowest BCUT2D eigenvalue weighted by molar-refractivity contribution is 0.557. The Labute approximate surface area is 132 Å². The second-order valence-corrected chi connectivity index (χ2v) is 5.00. The van der Waals surface area contributed by atoms with Crippen LogP contribution in [0.3, 0.4) is 0 Å². The molecule has 0 saturated carbocycles. The predicted molar refractivity (Wildman–Crippen MR) is 89.2 cm³/mol. The van der Waals surface area contributed by atoms with Crippen molar-refractivity contribution in [1.29, 1.82) is 0 Å². The van der Waals surface area contributed by atoms with Gasteiger partial charge in [0, 0.05) is 11.8 Å². The van der Waals surface area contributed by atoms with E-state index >= 15 is 0 Å². The van der Waals surface area contributed by atoms with Crippen molar-refractivity contribution in [3.63, 3.8) is 0 Å². The number of rotatable bonds is 4. The van der Waals surface area contributed by atoms with Crippen LogP contribution in [0.1, 0.15) is 11.3 Å². The van der Waals surface area contributed by atoms with Crippen LogP contribution in [-0.4, -0.2) is 21.1 Å². The van der Waals surface area contributed by atoms with Crippen molar-refractivity contribution < 1.29 is 4.42 Å². The summed E-state index contributed by atoms with van der Waals surface area (Å²) in [4.78, 5) is 0. The van der Waals surface area contributed by atoms with Crippen LogP contribution >= 0.6 is 12.2 Å². The second kappa shape index (κ2) is 6.36. The van der Waals surface area contributed by atoms with E-state index in [9.17, 15) is 0 Å². The first-order valence-corrected chi connectivity index (χ1v) is 7.14. The zero-order valence-electron chi connectivity index (χ0n) is 11.9. The van der Waals surface area contributed by atoms with Gasteiger partial charge in [0.05, 0.1) is 6.26 Å². The molecule has 0 spiro atoms. The molecule has 0 radical (unpaired) electrons. The van der Waals surface area contributed by atoms with Gasteiger partial charge in [-0.05, 0) is 49.0 Å². The minimum Gasteiger partial charge on any atom is -0.465 e. The van der Waals surface area contributed by atoms with Gasteiger partial charge in [0.25, 0.3) is 0 Å². The summed E-state index contributed by atoms with van der Waals surface area (Å²) in [5.74, 6) is 1.45. The van der Waals surface area contributed by atoms with Crippen molar-refractivity contribution in [3.8, 4) is 11.4 Å². The first-order chi connectivity index (χ1) is 10.8. The molecule has 22 heavy (non-hydrogen) atoms. The molecule has 2 heterocycles. The Bertz CT molecular complexity index is 872. The Hall–Kier alpha value is -2.73. The van der Waals surface area contributed by atoms with Gasteiger partial charge in [0.1, 0.15) is 5.76 Å². The Morgan fingerprint density at radius 1 is 1.27 bits per heavy atom. The number of aromatic nitrogens is 3. The Morgan fingerprint density at radius 2 is 2.14 bits per heavy atom. The monoisotopic (exact) mass is 310 g/mol. The SMILES string of the molecule is Cc1ccccc1-c1n[nH]c(=S)n1N=CC=Cc1ccco1. The normalized spacial score (nSPS) is 11.7. The molecule has 6 heteroatoms. The lowest BCUT2D eigenvalue weighted by Gasteiger charge is -2.03. The summed E-state index contributed by atoms with van der Waals surface area (Å²) in [6, 6.07) is 11.7. The van der Waals surface area contributed by atoms with Crippen LogP contribution in [0.5, 0.6) is 0 Å². The fraction of sp³-hybridized carbons (Fsp3) is 0.0625. The molecule has 1 N–H and O–H groups in total. The lowest BCUT2D eigenvalue weighted by atomic mass is 10.1. The van der Waals surface area contributed by atoms with Crippen molar-refractivity contribution >= 4 is 24.5 Å². The van der Waals surface area contributed by atoms with Crippen molar-refractivity contribution in [2.45, 2.75) is 6.92 Å². The average molecular weight is 310 g/mol. The summed E-state index contributed by atoms with van der Waals surface area (Å²) in [6.07, 6.45) is 6.88. The molecule has 0 atom stereocenters. The van der Waals surface area contributed by atoms with E-state index in [4.69, 9.17) is 16.6 Å². The van der Waals surface area contributed by atoms with Gasteiger partial charge in [-0.3, -0.25) is 0 Å². The van der Waals surface area contributed by atoms with E-state index in [2.05, 4.69) is 15.3 Å². The van der Waals surface area contributed by atoms with Gasteiger partial charge >= 0.3 is 0 Å². The first kappa shape index (κ1) is 14.2. The van der Waals surface area contributed by atoms with Crippen molar-refractivity contribution in [3.05, 3.63) is 64.8 Å². The molecule has 3 aromatic rings. The number of H-pyrrole nitrogens is 1. The lowest BCUT2D eigenvalue weighted by Crippen LogP contribution is -1.95. The third kappa shape index (κ3) is 2.96. The summed E-state index contributed by atoms with van der Waals surface area (Å²) in [5.41, 5.74) is 2.10. The fourth-order valence-electron chi connectivity index (χ4n) is 2.03. The van der Waals surface area contributed by atoms with Crippen molar-refractivity contribution in [2.24, 2.45) is 5.10 Å². The van der Waals surface area contributed by atoms with Gasteiger partial charge in [0.15, 0.2) is 5.82 Å². The van der Waals surface area contributed by atoms with Gasteiger partial charge < -0.3 is 4.42 Å². The molecular formula is C16H14N4OS. The summed E-state index contributed by atoms with van der Waals surface area (Å²) < 4.78 is 7.26. The topological polar surface area (TPSA) is 59.1 Å². The van der Waals surface area contributed by atoms with E-state index < -0.39 is 0 Å². The average Bonchev–Trinajstić information content (AvgIpc) is 3.15. The highest BCUT2D eigenvalue weighted by Gasteiger charge is 2.09. The highest BCUT2D eigenvalue weighted by Crippen LogP contribution is 2.20. The Kier molecular flexibility index (Phi) is 4.11. The van der Waals surface area contributed by atoms with E-state index in [-0.39, 0.29) is 0 Å². The summed E-state index contributed by atoms with van der Waals surface area (Å²) >= 11 is 5.23. The van der Waals surface area contributed by atoms with E-state index in [1.54, 1.807) is 23.2 Å². The molecule has 0 bridgehead atoms. The van der Waals surface area contributed by atoms with Crippen LogP contribution in [-0.2, 0) is 0 Å². The van der Waals surface area contributed by atoms with E-state index in [1.807, 2.05) is 49.4 Å². The number of benzene rings is 1. The number of aromatic amines is 1. The Balaban J connectivity index is 1.90. The number of hydrogen-bond acceptors (Lipinski definition) is 4. The van der Waals surface area contributed by atoms with E-state index in [0.717, 1.165) is 16.9 Å². The zero-order valence-corrected chi connectivity index (χ0v) is 12.7. The minimum atomic E-state index is 0.445. The molecule has 0 amide bonds. The standard InChI is InChI=1S/C16H14N4OS/c1-12-6-2-3-9-14(12)15-18-19-16(22)20(15)17-10-4-7-13-8-5-11-21-13/h2-11H,1H3,(H,19,22). The fourth-order valence-corrected chi connectivity index (χ4v) is 2.21. The van der Waals surface area contributed by atoms with Gasteiger partial charge in [0.2, 0.25) is 4.77 Å². The number of nitrogens with zero attached hydrogens (tertiary/aromatic N) is 3. The largest absolute Gasteiger partial charge is 0.465 e. The zero-order chi connectivity index (χ0) is 15.4. The van der Waals surface area contributed by atoms with Gasteiger partial charge in [-0.2, -0.15) is 14.9 Å². The predicted octanol–water partition coefficient (Wildman–Crippen LogP) is 4.06. The van der Waals surface area contributed by atoms with Crippen LogP contribution in [0.4, 0.5) is 0 Å². The highest BCUT2D eigenvalue weighted by molar-refractivity contribution is 7.71. The van der Waals surface area contributed by atoms with Crippen LogP contribution in [0.25, 0.3) is 17.5 Å². The number of hydrogen-bond donors (Lipinski definition) is 1. The van der Waals surface area contributed by atoms with Crippen molar-refractivity contribution in [1.82, 2.24) is 14.9 Å². The maximum absolute atomic E-state index is 5.23. The number of aryl methyl sites for hydroxylation is 1. The van der Waals surface area contributed by atoms with Crippen LogP contribution in [0.15, 0.2) is 58.3 Å². The van der Waals surface area contributed by atoms with E-state index in [1.165, 1.54) is 0 Å². The van der Waals surface area contributed by atoms with Gasteiger partial charge in [-0.1, -0.05) is 24.3 Å².